The molecule has 1 N–H and O–H groups in total. The molecule has 0 spiro atoms. The minimum absolute atomic E-state index is 0.413. The Morgan fingerprint density at radius 1 is 1.33 bits per heavy atom. The summed E-state index contributed by atoms with van der Waals surface area (Å²) in [5, 5.41) is 4.55. The van der Waals surface area contributed by atoms with Crippen LogP contribution in [0, 0.1) is 12.8 Å². The molecule has 0 heterocycles. The van der Waals surface area contributed by atoms with Gasteiger partial charge in [-0.1, -0.05) is 30.7 Å². The lowest BCUT2D eigenvalue weighted by Crippen LogP contribution is -2.35. The van der Waals surface area contributed by atoms with Crippen LogP contribution >= 0.6 is 11.6 Å². The second kappa shape index (κ2) is 8.17. The Balaban J connectivity index is 1.96. The number of aryl methyl sites for hydroxylation is 1. The molecule has 1 atom stereocenters. The minimum atomic E-state index is 0.413. The second-order valence-corrected chi connectivity index (χ2v) is 6.57. The number of hydrogen-bond acceptors (Lipinski definition) is 2. The molecule has 1 aliphatic carbocycles. The zero-order chi connectivity index (χ0) is 15.2. The highest BCUT2D eigenvalue weighted by Crippen LogP contribution is 2.37. The van der Waals surface area contributed by atoms with Gasteiger partial charge in [0.25, 0.3) is 0 Å². The van der Waals surface area contributed by atoms with Gasteiger partial charge in [0, 0.05) is 17.7 Å². The van der Waals surface area contributed by atoms with Crippen LogP contribution in [0.4, 0.5) is 0 Å². The molecule has 0 radical (unpaired) electrons. The molecular formula is C18H28ClNO. The molecule has 1 aromatic carbocycles. The van der Waals surface area contributed by atoms with Crippen molar-refractivity contribution < 1.29 is 4.74 Å². The van der Waals surface area contributed by atoms with E-state index in [4.69, 9.17) is 16.3 Å². The van der Waals surface area contributed by atoms with Gasteiger partial charge in [0.05, 0.1) is 6.10 Å². The van der Waals surface area contributed by atoms with E-state index < -0.39 is 0 Å². The molecule has 0 amide bonds. The maximum Gasteiger partial charge on any atom is 0.0580 e. The molecule has 3 heteroatoms. The quantitative estimate of drug-likeness (QED) is 0.738. The number of nitrogens with one attached hydrogen (secondary N) is 1. The van der Waals surface area contributed by atoms with Crippen LogP contribution in [-0.2, 0) is 4.74 Å². The molecule has 1 saturated carbocycles. The van der Waals surface area contributed by atoms with E-state index >= 15 is 0 Å². The van der Waals surface area contributed by atoms with Gasteiger partial charge in [-0.3, -0.25) is 0 Å². The summed E-state index contributed by atoms with van der Waals surface area (Å²) >= 11 is 6.29. The fourth-order valence-corrected chi connectivity index (χ4v) is 3.24. The SMILES string of the molecule is CCCNC(CC1CC(OCC)C1)c1ccc(C)c(Cl)c1. The van der Waals surface area contributed by atoms with Crippen LogP contribution in [-0.4, -0.2) is 19.3 Å². The number of hydrogen-bond donors (Lipinski definition) is 1. The summed E-state index contributed by atoms with van der Waals surface area (Å²) < 4.78 is 5.67. The predicted molar refractivity (Wildman–Crippen MR) is 90.0 cm³/mol. The van der Waals surface area contributed by atoms with Gasteiger partial charge in [-0.05, 0) is 69.2 Å². The van der Waals surface area contributed by atoms with Crippen molar-refractivity contribution >= 4 is 11.6 Å². The van der Waals surface area contributed by atoms with Crippen LogP contribution in [0.1, 0.15) is 56.7 Å². The smallest absolute Gasteiger partial charge is 0.0580 e. The van der Waals surface area contributed by atoms with E-state index in [1.165, 1.54) is 24.8 Å². The van der Waals surface area contributed by atoms with Crippen LogP contribution < -0.4 is 5.32 Å². The molecule has 2 rings (SSSR count). The van der Waals surface area contributed by atoms with Crippen molar-refractivity contribution in [2.24, 2.45) is 5.92 Å². The molecule has 1 aromatic rings. The van der Waals surface area contributed by atoms with E-state index in [0.29, 0.717) is 12.1 Å². The zero-order valence-corrected chi connectivity index (χ0v) is 14.2. The summed E-state index contributed by atoms with van der Waals surface area (Å²) in [6, 6.07) is 6.88. The molecule has 1 aliphatic rings. The lowest BCUT2D eigenvalue weighted by Gasteiger charge is -2.37. The van der Waals surface area contributed by atoms with E-state index in [2.05, 4.69) is 44.3 Å². The van der Waals surface area contributed by atoms with E-state index in [9.17, 15) is 0 Å². The molecule has 1 unspecified atom stereocenters. The zero-order valence-electron chi connectivity index (χ0n) is 13.5. The molecule has 0 aliphatic heterocycles. The highest BCUT2D eigenvalue weighted by atomic mass is 35.5. The number of benzene rings is 1. The standard InChI is InChI=1S/C18H28ClNO/c1-4-8-20-18(11-14-9-16(10-14)21-5-2)15-7-6-13(3)17(19)12-15/h6-7,12,14,16,18,20H,4-5,8-11H2,1-3H3. The highest BCUT2D eigenvalue weighted by molar-refractivity contribution is 6.31. The first-order valence-corrected chi connectivity index (χ1v) is 8.62. The van der Waals surface area contributed by atoms with Crippen molar-refractivity contribution in [3.63, 3.8) is 0 Å². The van der Waals surface area contributed by atoms with Crippen molar-refractivity contribution in [2.75, 3.05) is 13.2 Å². The third-order valence-electron chi connectivity index (χ3n) is 4.40. The third kappa shape index (κ3) is 4.70. The Morgan fingerprint density at radius 3 is 2.71 bits per heavy atom. The fraction of sp³-hybridized carbons (Fsp3) is 0.667. The van der Waals surface area contributed by atoms with Crippen molar-refractivity contribution in [1.82, 2.24) is 5.32 Å². The summed E-state index contributed by atoms with van der Waals surface area (Å²) in [6.45, 7) is 8.23. The van der Waals surface area contributed by atoms with Crippen molar-refractivity contribution in [3.05, 3.63) is 34.3 Å². The van der Waals surface area contributed by atoms with Gasteiger partial charge in [0.15, 0.2) is 0 Å². The van der Waals surface area contributed by atoms with Gasteiger partial charge >= 0.3 is 0 Å². The molecule has 0 aromatic heterocycles. The summed E-state index contributed by atoms with van der Waals surface area (Å²) in [4.78, 5) is 0. The first-order valence-electron chi connectivity index (χ1n) is 8.25. The first-order chi connectivity index (χ1) is 10.1. The van der Waals surface area contributed by atoms with Crippen molar-refractivity contribution in [3.8, 4) is 0 Å². The van der Waals surface area contributed by atoms with Crippen LogP contribution in [0.3, 0.4) is 0 Å². The van der Waals surface area contributed by atoms with E-state index in [-0.39, 0.29) is 0 Å². The maximum atomic E-state index is 6.29. The summed E-state index contributed by atoms with van der Waals surface area (Å²) in [5.74, 6) is 0.774. The minimum Gasteiger partial charge on any atom is -0.378 e. The molecule has 118 valence electrons. The lowest BCUT2D eigenvalue weighted by molar-refractivity contribution is -0.0291. The second-order valence-electron chi connectivity index (χ2n) is 6.17. The summed E-state index contributed by atoms with van der Waals surface area (Å²) in [6.07, 6.45) is 5.24. The molecular weight excluding hydrogens is 282 g/mol. The highest BCUT2D eigenvalue weighted by Gasteiger charge is 2.31. The van der Waals surface area contributed by atoms with E-state index in [1.807, 2.05) is 0 Å². The Labute approximate surface area is 134 Å². The first kappa shape index (κ1) is 16.8. The largest absolute Gasteiger partial charge is 0.378 e. The Bertz CT molecular complexity index is 443. The average Bonchev–Trinajstić information content (AvgIpc) is 2.43. The third-order valence-corrected chi connectivity index (χ3v) is 4.81. The van der Waals surface area contributed by atoms with Gasteiger partial charge in [-0.25, -0.2) is 0 Å². The molecule has 2 nitrogen and oxygen atoms in total. The Hall–Kier alpha value is -0.570. The van der Waals surface area contributed by atoms with Gasteiger partial charge in [0.2, 0.25) is 0 Å². The summed E-state index contributed by atoms with van der Waals surface area (Å²) in [7, 11) is 0. The normalized spacial score (nSPS) is 22.9. The molecule has 0 bridgehead atoms. The van der Waals surface area contributed by atoms with Gasteiger partial charge in [-0.15, -0.1) is 0 Å². The van der Waals surface area contributed by atoms with Crippen LogP contribution in [0.5, 0.6) is 0 Å². The Morgan fingerprint density at radius 2 is 2.10 bits per heavy atom. The molecule has 21 heavy (non-hydrogen) atoms. The molecule has 0 saturated heterocycles. The van der Waals surface area contributed by atoms with E-state index in [1.54, 1.807) is 0 Å². The van der Waals surface area contributed by atoms with E-state index in [0.717, 1.165) is 36.1 Å². The van der Waals surface area contributed by atoms with Crippen LogP contribution in [0.25, 0.3) is 0 Å². The number of ether oxygens (including phenoxy) is 1. The van der Waals surface area contributed by atoms with Crippen LogP contribution in [0.2, 0.25) is 5.02 Å². The van der Waals surface area contributed by atoms with Gasteiger partial charge in [0.1, 0.15) is 0 Å². The average molecular weight is 310 g/mol. The van der Waals surface area contributed by atoms with Crippen LogP contribution in [0.15, 0.2) is 18.2 Å². The molecule has 1 fully saturated rings. The fourth-order valence-electron chi connectivity index (χ4n) is 3.05. The van der Waals surface area contributed by atoms with Gasteiger partial charge in [-0.2, -0.15) is 0 Å². The predicted octanol–water partition coefficient (Wildman–Crippen LogP) is 4.89. The number of rotatable bonds is 8. The van der Waals surface area contributed by atoms with Crippen molar-refractivity contribution in [1.29, 1.82) is 0 Å². The number of halogens is 1. The lowest BCUT2D eigenvalue weighted by atomic mass is 9.77. The topological polar surface area (TPSA) is 21.3 Å². The Kier molecular flexibility index (Phi) is 6.53. The maximum absolute atomic E-state index is 6.29. The monoisotopic (exact) mass is 309 g/mol. The van der Waals surface area contributed by atoms with Gasteiger partial charge < -0.3 is 10.1 Å². The summed E-state index contributed by atoms with van der Waals surface area (Å²) in [5.41, 5.74) is 2.47. The van der Waals surface area contributed by atoms with Crippen molar-refractivity contribution in [2.45, 2.75) is 58.6 Å².